The molecular weight excluding hydrogens is 402 g/mol. The molecule has 6 heteroatoms. The van der Waals surface area contributed by atoms with Crippen LogP contribution < -0.4 is 10.1 Å². The lowest BCUT2D eigenvalue weighted by Gasteiger charge is -2.51. The zero-order valence-electron chi connectivity index (χ0n) is 18.6. The van der Waals surface area contributed by atoms with Gasteiger partial charge in [0, 0.05) is 31.2 Å². The zero-order valence-corrected chi connectivity index (χ0v) is 18.6. The van der Waals surface area contributed by atoms with Gasteiger partial charge in [-0.15, -0.1) is 0 Å². The van der Waals surface area contributed by atoms with Crippen LogP contribution in [-0.4, -0.2) is 54.5 Å². The molecule has 0 unspecified atom stereocenters. The molecule has 0 aliphatic carbocycles. The minimum atomic E-state index is -0.0907. The number of nitrogens with one attached hydrogen (secondary N) is 1. The van der Waals surface area contributed by atoms with Crippen molar-refractivity contribution in [2.24, 2.45) is 5.92 Å². The number of carbonyl (C=O) groups excluding carboxylic acids is 2. The first kappa shape index (κ1) is 20.9. The summed E-state index contributed by atoms with van der Waals surface area (Å²) in [6, 6.07) is 16.2. The van der Waals surface area contributed by atoms with Gasteiger partial charge in [-0.05, 0) is 49.3 Å². The molecule has 32 heavy (non-hydrogen) atoms. The van der Waals surface area contributed by atoms with E-state index >= 15 is 0 Å². The number of nitrogens with zero attached hydrogens (tertiary/aromatic N) is 2. The predicted molar refractivity (Wildman–Crippen MR) is 123 cm³/mol. The number of hydrogen-bond acceptors (Lipinski definition) is 3. The molecule has 3 aliphatic rings. The highest BCUT2D eigenvalue weighted by molar-refractivity contribution is 5.83. The minimum Gasteiger partial charge on any atom is -0.496 e. The van der Waals surface area contributed by atoms with Gasteiger partial charge in [0.1, 0.15) is 5.75 Å². The molecule has 3 aliphatic heterocycles. The van der Waals surface area contributed by atoms with E-state index < -0.39 is 0 Å². The van der Waals surface area contributed by atoms with Gasteiger partial charge >= 0.3 is 6.03 Å². The van der Waals surface area contributed by atoms with Crippen LogP contribution in [0.25, 0.3) is 0 Å². The van der Waals surface area contributed by atoms with E-state index in [-0.39, 0.29) is 29.9 Å². The highest BCUT2D eigenvalue weighted by Crippen LogP contribution is 2.45. The Morgan fingerprint density at radius 1 is 1.12 bits per heavy atom. The van der Waals surface area contributed by atoms with Crippen molar-refractivity contribution in [3.05, 3.63) is 65.2 Å². The van der Waals surface area contributed by atoms with Gasteiger partial charge in [0.15, 0.2) is 0 Å². The van der Waals surface area contributed by atoms with E-state index in [1.165, 1.54) is 16.7 Å². The molecule has 2 fully saturated rings. The van der Waals surface area contributed by atoms with E-state index in [2.05, 4.69) is 28.4 Å². The van der Waals surface area contributed by atoms with Gasteiger partial charge in [-0.3, -0.25) is 4.79 Å². The molecule has 3 heterocycles. The molecule has 1 N–H and O–H groups in total. The summed E-state index contributed by atoms with van der Waals surface area (Å²) in [5.74, 6) is 1.02. The Labute approximate surface area is 189 Å². The summed E-state index contributed by atoms with van der Waals surface area (Å²) in [6.45, 7) is 2.03. The summed E-state index contributed by atoms with van der Waals surface area (Å²) in [6.07, 6.45) is 4.16. The molecule has 0 bridgehead atoms. The van der Waals surface area contributed by atoms with E-state index in [0.717, 1.165) is 44.4 Å². The number of piperidine rings is 2. The Hall–Kier alpha value is -3.02. The van der Waals surface area contributed by atoms with Crippen molar-refractivity contribution in [3.8, 4) is 5.75 Å². The molecule has 168 valence electrons. The number of amides is 3. The van der Waals surface area contributed by atoms with Crippen LogP contribution in [0.1, 0.15) is 42.0 Å². The Morgan fingerprint density at radius 3 is 2.78 bits per heavy atom. The molecule has 2 aromatic rings. The molecule has 5 rings (SSSR count). The molecule has 6 nitrogen and oxygen atoms in total. The van der Waals surface area contributed by atoms with E-state index in [1.807, 2.05) is 35.2 Å². The van der Waals surface area contributed by atoms with E-state index in [4.69, 9.17) is 4.74 Å². The summed E-state index contributed by atoms with van der Waals surface area (Å²) in [5, 5.41) is 3.10. The summed E-state index contributed by atoms with van der Waals surface area (Å²) < 4.78 is 5.59. The largest absolute Gasteiger partial charge is 0.496 e. The van der Waals surface area contributed by atoms with Crippen molar-refractivity contribution in [3.63, 3.8) is 0 Å². The standard InChI is InChI=1S/C26H31N3O3/c1-32-24-11-5-9-19-20(24)13-16-28-22(19)17-23-21(25(28)30)10-6-15-29(23)26(31)27-14-12-18-7-3-2-4-8-18/h2-5,7-9,11,21-23H,6,10,12-17H2,1H3,(H,27,31)/t21-,22-,23-/m0/s1. The SMILES string of the molecule is COc1cccc2c1CCN1C(=O)[C@H]3CCCN(C(=O)NCCc4ccccc4)[C@H]3C[C@@H]21. The van der Waals surface area contributed by atoms with Crippen LogP contribution in [0, 0.1) is 5.92 Å². The predicted octanol–water partition coefficient (Wildman–Crippen LogP) is 3.56. The number of urea groups is 1. The molecule has 0 saturated carbocycles. The molecule has 2 saturated heterocycles. The van der Waals surface area contributed by atoms with Gasteiger partial charge in [0.2, 0.25) is 5.91 Å². The van der Waals surface area contributed by atoms with E-state index in [9.17, 15) is 9.59 Å². The maximum Gasteiger partial charge on any atom is 0.317 e. The van der Waals surface area contributed by atoms with Gasteiger partial charge in [-0.2, -0.15) is 0 Å². The number of rotatable bonds is 4. The van der Waals surface area contributed by atoms with E-state index in [1.54, 1.807) is 7.11 Å². The number of hydrogen-bond donors (Lipinski definition) is 1. The Bertz CT molecular complexity index is 993. The fraction of sp³-hybridized carbons (Fsp3) is 0.462. The van der Waals surface area contributed by atoms with Crippen LogP contribution in [0.2, 0.25) is 0 Å². The Balaban J connectivity index is 1.33. The lowest BCUT2D eigenvalue weighted by atomic mass is 9.76. The first-order chi connectivity index (χ1) is 15.7. The number of likely N-dealkylation sites (tertiary alicyclic amines) is 1. The van der Waals surface area contributed by atoms with Crippen molar-refractivity contribution in [1.29, 1.82) is 0 Å². The van der Waals surface area contributed by atoms with Crippen molar-refractivity contribution >= 4 is 11.9 Å². The third-order valence-electron chi connectivity index (χ3n) is 7.36. The number of fused-ring (bicyclic) bond motifs is 4. The smallest absolute Gasteiger partial charge is 0.317 e. The topological polar surface area (TPSA) is 61.9 Å². The summed E-state index contributed by atoms with van der Waals surface area (Å²) in [4.78, 5) is 30.6. The zero-order chi connectivity index (χ0) is 22.1. The fourth-order valence-electron chi connectivity index (χ4n) is 5.82. The lowest BCUT2D eigenvalue weighted by Crippen LogP contribution is -2.61. The average Bonchev–Trinajstić information content (AvgIpc) is 2.84. The monoisotopic (exact) mass is 433 g/mol. The number of carbonyl (C=O) groups is 2. The van der Waals surface area contributed by atoms with Crippen LogP contribution in [0.15, 0.2) is 48.5 Å². The van der Waals surface area contributed by atoms with Crippen LogP contribution in [0.3, 0.4) is 0 Å². The van der Waals surface area contributed by atoms with Crippen molar-refractivity contribution in [2.75, 3.05) is 26.7 Å². The minimum absolute atomic E-state index is 0.0142. The summed E-state index contributed by atoms with van der Waals surface area (Å²) in [5.41, 5.74) is 3.59. The first-order valence-electron chi connectivity index (χ1n) is 11.7. The maximum absolute atomic E-state index is 13.5. The number of methoxy groups -OCH3 is 1. The highest BCUT2D eigenvalue weighted by Gasteiger charge is 2.48. The molecule has 3 atom stereocenters. The van der Waals surface area contributed by atoms with E-state index in [0.29, 0.717) is 13.1 Å². The van der Waals surface area contributed by atoms with Gasteiger partial charge in [0.25, 0.3) is 0 Å². The van der Waals surface area contributed by atoms with Gasteiger partial charge in [0.05, 0.1) is 19.1 Å². The number of benzene rings is 2. The molecule has 0 aromatic heterocycles. The summed E-state index contributed by atoms with van der Waals surface area (Å²) >= 11 is 0. The second-order valence-electron chi connectivity index (χ2n) is 9.04. The third-order valence-corrected chi connectivity index (χ3v) is 7.36. The fourth-order valence-corrected chi connectivity index (χ4v) is 5.82. The van der Waals surface area contributed by atoms with Crippen molar-refractivity contribution < 1.29 is 14.3 Å². The maximum atomic E-state index is 13.5. The van der Waals surface area contributed by atoms with Crippen LogP contribution in [0.5, 0.6) is 5.75 Å². The highest BCUT2D eigenvalue weighted by atomic mass is 16.5. The van der Waals surface area contributed by atoms with Gasteiger partial charge in [-0.1, -0.05) is 42.5 Å². The van der Waals surface area contributed by atoms with Crippen molar-refractivity contribution in [1.82, 2.24) is 15.1 Å². The molecular formula is C26H31N3O3. The van der Waals surface area contributed by atoms with Crippen LogP contribution in [-0.2, 0) is 17.6 Å². The first-order valence-corrected chi connectivity index (χ1v) is 11.7. The summed E-state index contributed by atoms with van der Waals surface area (Å²) in [7, 11) is 1.70. The van der Waals surface area contributed by atoms with Crippen molar-refractivity contribution in [2.45, 2.75) is 44.2 Å². The molecule has 0 spiro atoms. The third kappa shape index (κ3) is 3.72. The van der Waals surface area contributed by atoms with Gasteiger partial charge in [-0.25, -0.2) is 4.79 Å². The van der Waals surface area contributed by atoms with Crippen LogP contribution >= 0.6 is 0 Å². The normalized spacial score (nSPS) is 24.3. The molecule has 0 radical (unpaired) electrons. The second-order valence-corrected chi connectivity index (χ2v) is 9.04. The molecule has 2 aromatic carbocycles. The number of ether oxygens (including phenoxy) is 1. The lowest BCUT2D eigenvalue weighted by molar-refractivity contribution is -0.148. The average molecular weight is 434 g/mol. The molecule has 3 amide bonds. The Kier molecular flexibility index (Phi) is 5.77. The second kappa shape index (κ2) is 8.85. The quantitative estimate of drug-likeness (QED) is 0.802. The van der Waals surface area contributed by atoms with Gasteiger partial charge < -0.3 is 19.9 Å². The van der Waals surface area contributed by atoms with Crippen LogP contribution in [0.4, 0.5) is 4.79 Å². The Morgan fingerprint density at radius 2 is 1.97 bits per heavy atom.